The number of halogens is 1. The van der Waals surface area contributed by atoms with E-state index in [-0.39, 0.29) is 27.2 Å². The van der Waals surface area contributed by atoms with Crippen LogP contribution < -0.4 is 21.5 Å². The fourth-order valence-electron chi connectivity index (χ4n) is 2.14. The van der Waals surface area contributed by atoms with Gasteiger partial charge in [0.2, 0.25) is 5.91 Å². The summed E-state index contributed by atoms with van der Waals surface area (Å²) in [5.74, 6) is -1.42. The second kappa shape index (κ2) is 10.3. The molecule has 2 aromatic rings. The van der Waals surface area contributed by atoms with E-state index in [1.165, 1.54) is 24.3 Å². The molecule has 30 heavy (non-hydrogen) atoms. The van der Waals surface area contributed by atoms with E-state index >= 15 is 0 Å². The maximum absolute atomic E-state index is 12.2. The van der Waals surface area contributed by atoms with Crippen molar-refractivity contribution in [2.75, 3.05) is 5.32 Å². The molecule has 0 saturated heterocycles. The number of carbonyl (C=O) groups excluding carboxylic acids is 3. The molecule has 0 aliphatic heterocycles. The number of amides is 3. The van der Waals surface area contributed by atoms with E-state index in [4.69, 9.17) is 23.8 Å². The minimum absolute atomic E-state index is 0.0358. The van der Waals surface area contributed by atoms with Crippen LogP contribution in [0.1, 0.15) is 34.1 Å². The van der Waals surface area contributed by atoms with Crippen molar-refractivity contribution >= 4 is 58.0 Å². The molecule has 0 spiro atoms. The summed E-state index contributed by atoms with van der Waals surface area (Å²) in [6, 6.07) is 9.65. The van der Waals surface area contributed by atoms with Gasteiger partial charge in [-0.3, -0.25) is 40.7 Å². The van der Waals surface area contributed by atoms with Crippen LogP contribution in [0, 0.1) is 10.1 Å². The third-order valence-corrected chi connectivity index (χ3v) is 4.20. The molecule has 0 bridgehead atoms. The maximum Gasteiger partial charge on any atom is 0.288 e. The second-order valence-corrected chi connectivity index (χ2v) is 6.58. The van der Waals surface area contributed by atoms with Gasteiger partial charge in [0.15, 0.2) is 5.11 Å². The minimum atomic E-state index is -0.725. The Hall–Kier alpha value is -3.57. The van der Waals surface area contributed by atoms with Crippen LogP contribution >= 0.6 is 23.8 Å². The summed E-state index contributed by atoms with van der Waals surface area (Å²) in [5, 5.41) is 15.5. The Kier molecular flexibility index (Phi) is 7.78. The molecule has 3 amide bonds. The number of thiocarbonyl (C=S) groups is 1. The summed E-state index contributed by atoms with van der Waals surface area (Å²) in [4.78, 5) is 45.8. The zero-order chi connectivity index (χ0) is 22.3. The molecule has 0 atom stereocenters. The van der Waals surface area contributed by atoms with E-state index in [2.05, 4.69) is 21.5 Å². The van der Waals surface area contributed by atoms with Crippen LogP contribution in [0.3, 0.4) is 0 Å². The number of rotatable bonds is 5. The Morgan fingerprint density at radius 1 is 1.03 bits per heavy atom. The number of nitro benzene ring substituents is 1. The normalized spacial score (nSPS) is 9.93. The van der Waals surface area contributed by atoms with Crippen LogP contribution in [0.5, 0.6) is 0 Å². The maximum atomic E-state index is 12.2. The first-order valence-corrected chi connectivity index (χ1v) is 9.25. The van der Waals surface area contributed by atoms with Crippen molar-refractivity contribution in [3.05, 3.63) is 68.7 Å². The molecule has 0 unspecified atom stereocenters. The van der Waals surface area contributed by atoms with E-state index in [1.807, 2.05) is 0 Å². The van der Waals surface area contributed by atoms with Gasteiger partial charge in [0.25, 0.3) is 17.5 Å². The minimum Gasteiger partial charge on any atom is -0.326 e. The molecule has 0 fully saturated rings. The van der Waals surface area contributed by atoms with E-state index in [1.54, 1.807) is 19.1 Å². The molecule has 0 aliphatic carbocycles. The summed E-state index contributed by atoms with van der Waals surface area (Å²) in [5.41, 5.74) is 5.03. The zero-order valence-corrected chi connectivity index (χ0v) is 17.1. The van der Waals surface area contributed by atoms with Crippen molar-refractivity contribution in [2.45, 2.75) is 13.3 Å². The Morgan fingerprint density at radius 3 is 2.27 bits per heavy atom. The topological polar surface area (TPSA) is 142 Å². The van der Waals surface area contributed by atoms with Gasteiger partial charge in [-0.1, -0.05) is 18.5 Å². The average molecular weight is 450 g/mol. The highest BCUT2D eigenvalue weighted by Gasteiger charge is 2.17. The molecular formula is C18H16ClN5O5S. The van der Waals surface area contributed by atoms with Gasteiger partial charge in [-0.05, 0) is 48.6 Å². The van der Waals surface area contributed by atoms with Crippen LogP contribution in [0.25, 0.3) is 0 Å². The molecule has 0 saturated carbocycles. The fourth-order valence-corrected chi connectivity index (χ4v) is 2.47. The Balaban J connectivity index is 1.90. The molecule has 0 aromatic heterocycles. The van der Waals surface area contributed by atoms with Gasteiger partial charge in [0.1, 0.15) is 5.02 Å². The largest absolute Gasteiger partial charge is 0.326 e. The second-order valence-electron chi connectivity index (χ2n) is 5.76. The number of nitrogens with one attached hydrogen (secondary N) is 4. The van der Waals surface area contributed by atoms with Gasteiger partial charge in [0, 0.05) is 29.3 Å². The first-order chi connectivity index (χ1) is 14.2. The molecule has 2 rings (SSSR count). The number of hydrazine groups is 1. The van der Waals surface area contributed by atoms with Gasteiger partial charge in [-0.15, -0.1) is 0 Å². The standard InChI is InChI=1S/C18H16ClN5O5S/c1-2-15(25)20-12-6-3-10(4-7-12)17(27)22-23-18(30)21-16(26)11-5-8-13(19)14(9-11)24(28)29/h3-9H,2H2,1H3,(H,20,25)(H,22,27)(H2,21,23,26,30). The smallest absolute Gasteiger partial charge is 0.288 e. The third kappa shape index (κ3) is 6.22. The molecule has 10 nitrogen and oxygen atoms in total. The average Bonchev–Trinajstić information content (AvgIpc) is 2.72. The summed E-state index contributed by atoms with van der Waals surface area (Å²) in [6.07, 6.45) is 0.332. The number of anilines is 1. The van der Waals surface area contributed by atoms with Crippen molar-refractivity contribution in [1.29, 1.82) is 0 Å². The van der Waals surface area contributed by atoms with Crippen LogP contribution in [-0.4, -0.2) is 27.8 Å². The van der Waals surface area contributed by atoms with Crippen LogP contribution in [0.15, 0.2) is 42.5 Å². The molecule has 156 valence electrons. The predicted octanol–water partition coefficient (Wildman–Crippen LogP) is 2.55. The first kappa shape index (κ1) is 22.7. The number of nitro groups is 1. The summed E-state index contributed by atoms with van der Waals surface area (Å²) >= 11 is 10.6. The van der Waals surface area contributed by atoms with Crippen molar-refractivity contribution in [3.8, 4) is 0 Å². The third-order valence-electron chi connectivity index (χ3n) is 3.67. The van der Waals surface area contributed by atoms with E-state index in [0.717, 1.165) is 6.07 Å². The van der Waals surface area contributed by atoms with Crippen molar-refractivity contribution in [3.63, 3.8) is 0 Å². The SMILES string of the molecule is CCC(=O)Nc1ccc(C(=O)NNC(=S)NC(=O)c2ccc(Cl)c([N+](=O)[O-])c2)cc1. The lowest BCUT2D eigenvalue weighted by molar-refractivity contribution is -0.384. The monoisotopic (exact) mass is 449 g/mol. The van der Waals surface area contributed by atoms with Crippen molar-refractivity contribution in [1.82, 2.24) is 16.2 Å². The lowest BCUT2D eigenvalue weighted by Gasteiger charge is -2.11. The lowest BCUT2D eigenvalue weighted by atomic mass is 10.2. The molecule has 0 radical (unpaired) electrons. The first-order valence-electron chi connectivity index (χ1n) is 8.46. The Labute approximate surface area is 181 Å². The number of hydrogen-bond acceptors (Lipinski definition) is 6. The van der Waals surface area contributed by atoms with Gasteiger partial charge in [-0.25, -0.2) is 0 Å². The molecule has 0 aliphatic rings. The highest BCUT2D eigenvalue weighted by atomic mass is 35.5. The van der Waals surface area contributed by atoms with Crippen molar-refractivity contribution < 1.29 is 19.3 Å². The molecule has 4 N–H and O–H groups in total. The number of carbonyl (C=O) groups is 3. The molecule has 0 heterocycles. The summed E-state index contributed by atoms with van der Waals surface area (Å²) in [6.45, 7) is 1.72. The highest BCUT2D eigenvalue weighted by Crippen LogP contribution is 2.24. The van der Waals surface area contributed by atoms with Gasteiger partial charge < -0.3 is 5.32 Å². The molecule has 2 aromatic carbocycles. The molecular weight excluding hydrogens is 434 g/mol. The van der Waals surface area contributed by atoms with Gasteiger partial charge >= 0.3 is 0 Å². The van der Waals surface area contributed by atoms with Gasteiger partial charge in [-0.2, -0.15) is 0 Å². The van der Waals surface area contributed by atoms with Gasteiger partial charge in [0.05, 0.1) is 4.92 Å². The van der Waals surface area contributed by atoms with Crippen LogP contribution in [0.2, 0.25) is 5.02 Å². The lowest BCUT2D eigenvalue weighted by Crippen LogP contribution is -2.48. The van der Waals surface area contributed by atoms with E-state index < -0.39 is 22.4 Å². The summed E-state index contributed by atoms with van der Waals surface area (Å²) in [7, 11) is 0. The van der Waals surface area contributed by atoms with Crippen LogP contribution in [-0.2, 0) is 4.79 Å². The highest BCUT2D eigenvalue weighted by molar-refractivity contribution is 7.80. The zero-order valence-electron chi connectivity index (χ0n) is 15.5. The molecule has 12 heteroatoms. The van der Waals surface area contributed by atoms with E-state index in [9.17, 15) is 24.5 Å². The fraction of sp³-hybridized carbons (Fsp3) is 0.111. The Morgan fingerprint density at radius 2 is 1.67 bits per heavy atom. The number of nitrogens with zero attached hydrogens (tertiary/aromatic N) is 1. The number of hydrogen-bond donors (Lipinski definition) is 4. The predicted molar refractivity (Wildman–Crippen MR) is 114 cm³/mol. The summed E-state index contributed by atoms with van der Waals surface area (Å²) < 4.78 is 0. The number of benzene rings is 2. The van der Waals surface area contributed by atoms with Crippen molar-refractivity contribution in [2.24, 2.45) is 0 Å². The van der Waals surface area contributed by atoms with Crippen LogP contribution in [0.4, 0.5) is 11.4 Å². The quantitative estimate of drug-likeness (QED) is 0.312. The van der Waals surface area contributed by atoms with E-state index in [0.29, 0.717) is 12.1 Å². The Bertz CT molecular complexity index is 1010.